The summed E-state index contributed by atoms with van der Waals surface area (Å²) in [6, 6.07) is 28.2. The van der Waals surface area contributed by atoms with Gasteiger partial charge in [-0.3, -0.25) is 14.5 Å². The maximum Gasteiger partial charge on any atom is 0.301 e. The van der Waals surface area contributed by atoms with Gasteiger partial charge in [0.05, 0.1) is 24.8 Å². The zero-order valence-electron chi connectivity index (χ0n) is 27.4. The van der Waals surface area contributed by atoms with E-state index in [1.54, 1.807) is 42.5 Å². The first-order valence-corrected chi connectivity index (χ1v) is 18.2. The van der Waals surface area contributed by atoms with E-state index in [9.17, 15) is 14.7 Å². The highest BCUT2D eigenvalue weighted by Gasteiger charge is 2.48. The number of aromatic nitrogens is 2. The number of thioether (sulfide) groups is 1. The number of aliphatic hydroxyl groups is 1. The normalized spacial score (nSPS) is 15.3. The summed E-state index contributed by atoms with van der Waals surface area (Å²) in [4.78, 5) is 29.0. The molecule has 1 saturated heterocycles. The number of amides is 1. The molecule has 2 heterocycles. The van der Waals surface area contributed by atoms with Crippen LogP contribution < -0.4 is 19.1 Å². The van der Waals surface area contributed by atoms with Gasteiger partial charge in [0.1, 0.15) is 18.1 Å². The van der Waals surface area contributed by atoms with Gasteiger partial charge in [0.25, 0.3) is 5.78 Å². The minimum absolute atomic E-state index is 0.0804. The molecule has 4 aromatic carbocycles. The molecule has 50 heavy (non-hydrogen) atoms. The Balaban J connectivity index is 1.38. The first-order chi connectivity index (χ1) is 24.4. The van der Waals surface area contributed by atoms with Crippen LogP contribution in [-0.2, 0) is 21.9 Å². The number of benzene rings is 4. The second-order valence-electron chi connectivity index (χ2n) is 11.2. The Labute approximate surface area is 303 Å². The van der Waals surface area contributed by atoms with E-state index in [0.29, 0.717) is 63.3 Å². The lowest BCUT2D eigenvalue weighted by Crippen LogP contribution is -2.29. The van der Waals surface area contributed by atoms with Crippen molar-refractivity contribution in [3.8, 4) is 17.2 Å². The summed E-state index contributed by atoms with van der Waals surface area (Å²) in [7, 11) is 0. The molecule has 9 nitrogen and oxygen atoms in total. The summed E-state index contributed by atoms with van der Waals surface area (Å²) in [6.45, 7) is 5.08. The molecule has 1 aliphatic heterocycles. The smallest absolute Gasteiger partial charge is 0.301 e. The van der Waals surface area contributed by atoms with Crippen LogP contribution >= 0.6 is 34.7 Å². The zero-order valence-corrected chi connectivity index (χ0v) is 29.8. The minimum atomic E-state index is -1.03. The number of ether oxygens (including phenoxy) is 3. The molecule has 1 fully saturated rings. The van der Waals surface area contributed by atoms with Crippen LogP contribution in [0.4, 0.5) is 5.13 Å². The van der Waals surface area contributed by atoms with Crippen LogP contribution in [0.3, 0.4) is 0 Å². The van der Waals surface area contributed by atoms with Crippen LogP contribution in [0.2, 0.25) is 5.02 Å². The molecule has 1 atom stereocenters. The van der Waals surface area contributed by atoms with Crippen LogP contribution in [0.25, 0.3) is 5.76 Å². The second-order valence-corrected chi connectivity index (χ2v) is 13.8. The van der Waals surface area contributed by atoms with Gasteiger partial charge in [-0.1, -0.05) is 90.2 Å². The SMILES string of the molecule is CCCOc1ccc(C(O)=C2C(=O)C(=O)N(c3nnc(SCc4ccc(Cl)cc4)s3)C2c2ccc(OCc3ccccc3)c(OCC)c2)cc1. The third-order valence-corrected chi connectivity index (χ3v) is 10.1. The fourth-order valence-electron chi connectivity index (χ4n) is 5.33. The van der Waals surface area contributed by atoms with Gasteiger partial charge in [-0.15, -0.1) is 10.2 Å². The molecule has 0 saturated carbocycles. The monoisotopic (exact) mass is 727 g/mol. The molecule has 0 aliphatic carbocycles. The Hall–Kier alpha value is -4.84. The molecule has 256 valence electrons. The van der Waals surface area contributed by atoms with E-state index < -0.39 is 17.7 Å². The lowest BCUT2D eigenvalue weighted by molar-refractivity contribution is -0.132. The van der Waals surface area contributed by atoms with E-state index in [1.165, 1.54) is 28.0 Å². The van der Waals surface area contributed by atoms with Gasteiger partial charge in [0, 0.05) is 16.3 Å². The van der Waals surface area contributed by atoms with Crippen molar-refractivity contribution in [2.24, 2.45) is 0 Å². The molecule has 1 aromatic heterocycles. The highest BCUT2D eigenvalue weighted by Crippen LogP contribution is 2.46. The van der Waals surface area contributed by atoms with Gasteiger partial charge >= 0.3 is 5.91 Å². The average molecular weight is 728 g/mol. The summed E-state index contributed by atoms with van der Waals surface area (Å²) in [5.41, 5.74) is 2.83. The highest BCUT2D eigenvalue weighted by atomic mass is 35.5. The molecular formula is C38H34ClN3O6S2. The molecule has 0 spiro atoms. The number of carbonyl (C=O) groups is 2. The number of hydrogen-bond acceptors (Lipinski definition) is 10. The van der Waals surface area contributed by atoms with Gasteiger partial charge in [-0.2, -0.15) is 0 Å². The summed E-state index contributed by atoms with van der Waals surface area (Å²) in [5.74, 6) is 0.177. The third-order valence-electron chi connectivity index (χ3n) is 7.74. The third kappa shape index (κ3) is 7.96. The van der Waals surface area contributed by atoms with Gasteiger partial charge < -0.3 is 19.3 Å². The highest BCUT2D eigenvalue weighted by molar-refractivity contribution is 8.00. The Bertz CT molecular complexity index is 1980. The first kappa shape index (κ1) is 35.0. The molecule has 0 bridgehead atoms. The lowest BCUT2D eigenvalue weighted by atomic mass is 9.95. The second kappa shape index (κ2) is 16.2. The summed E-state index contributed by atoms with van der Waals surface area (Å²) in [5, 5.41) is 21.2. The quantitative estimate of drug-likeness (QED) is 0.0394. The van der Waals surface area contributed by atoms with Gasteiger partial charge in [0.15, 0.2) is 15.8 Å². The summed E-state index contributed by atoms with van der Waals surface area (Å²) in [6.07, 6.45) is 0.845. The van der Waals surface area contributed by atoms with Crippen molar-refractivity contribution in [1.29, 1.82) is 0 Å². The van der Waals surface area contributed by atoms with Crippen LogP contribution in [-0.4, -0.2) is 40.2 Å². The van der Waals surface area contributed by atoms with Crippen molar-refractivity contribution in [2.75, 3.05) is 18.1 Å². The Morgan fingerprint density at radius 2 is 1.64 bits per heavy atom. The van der Waals surface area contributed by atoms with E-state index in [1.807, 2.05) is 68.4 Å². The maximum atomic E-state index is 13.8. The van der Waals surface area contributed by atoms with E-state index in [0.717, 1.165) is 17.5 Å². The van der Waals surface area contributed by atoms with Crippen LogP contribution in [0, 0.1) is 0 Å². The van der Waals surface area contributed by atoms with Crippen LogP contribution in [0.1, 0.15) is 48.6 Å². The Morgan fingerprint density at radius 3 is 2.36 bits per heavy atom. The number of rotatable bonds is 14. The number of Topliss-reactive ketones (excluding diaryl/α,β-unsaturated/α-hetero) is 1. The molecule has 1 unspecified atom stereocenters. The predicted molar refractivity (Wildman–Crippen MR) is 196 cm³/mol. The number of nitrogens with zero attached hydrogens (tertiary/aromatic N) is 3. The van der Waals surface area contributed by atoms with Gasteiger partial charge in [-0.25, -0.2) is 0 Å². The van der Waals surface area contributed by atoms with Crippen LogP contribution in [0.15, 0.2) is 107 Å². The van der Waals surface area contributed by atoms with Crippen molar-refractivity contribution in [3.05, 3.63) is 130 Å². The van der Waals surface area contributed by atoms with E-state index in [-0.39, 0.29) is 16.5 Å². The predicted octanol–water partition coefficient (Wildman–Crippen LogP) is 8.88. The Kier molecular flexibility index (Phi) is 11.4. The van der Waals surface area contributed by atoms with Crippen LogP contribution in [0.5, 0.6) is 17.2 Å². The first-order valence-electron chi connectivity index (χ1n) is 16.0. The molecule has 1 amide bonds. The maximum absolute atomic E-state index is 13.8. The summed E-state index contributed by atoms with van der Waals surface area (Å²) < 4.78 is 18.4. The van der Waals surface area contributed by atoms with Gasteiger partial charge in [0.2, 0.25) is 5.13 Å². The molecule has 5 aromatic rings. The Morgan fingerprint density at radius 1 is 0.880 bits per heavy atom. The largest absolute Gasteiger partial charge is 0.507 e. The van der Waals surface area contributed by atoms with Crippen molar-refractivity contribution in [1.82, 2.24) is 10.2 Å². The molecule has 12 heteroatoms. The molecular weight excluding hydrogens is 694 g/mol. The van der Waals surface area contributed by atoms with Crippen molar-refractivity contribution < 1.29 is 28.9 Å². The number of aliphatic hydroxyl groups excluding tert-OH is 1. The van der Waals surface area contributed by atoms with Crippen molar-refractivity contribution in [2.45, 2.75) is 43.0 Å². The van der Waals surface area contributed by atoms with E-state index in [4.69, 9.17) is 25.8 Å². The fourth-order valence-corrected chi connectivity index (χ4v) is 7.28. The van der Waals surface area contributed by atoms with Crippen molar-refractivity contribution in [3.63, 3.8) is 0 Å². The lowest BCUT2D eigenvalue weighted by Gasteiger charge is -2.23. The summed E-state index contributed by atoms with van der Waals surface area (Å²) >= 11 is 8.68. The van der Waals surface area contributed by atoms with E-state index >= 15 is 0 Å². The fraction of sp³-hybridized carbons (Fsp3) is 0.211. The topological polar surface area (TPSA) is 111 Å². The molecule has 1 aliphatic rings. The number of carbonyl (C=O) groups excluding carboxylic acids is 2. The standard InChI is InChI=1S/C38H34ClN3O6S2/c1-3-20-47-29-17-12-26(13-18-29)34(43)32-33(27-14-19-30(31(21-27)46-4-2)48-22-24-8-6-5-7-9-24)42(36(45)35(32)44)37-40-41-38(50-37)49-23-25-10-15-28(39)16-11-25/h5-19,21,33,43H,3-4,20,22-23H2,1-2H3. The molecule has 6 rings (SSSR count). The van der Waals surface area contributed by atoms with E-state index in [2.05, 4.69) is 10.2 Å². The molecule has 0 radical (unpaired) electrons. The minimum Gasteiger partial charge on any atom is -0.507 e. The zero-order chi connectivity index (χ0) is 35.0. The molecule has 1 N–H and O–H groups in total. The number of halogens is 1. The average Bonchev–Trinajstić information content (AvgIpc) is 3.71. The number of ketones is 1. The number of hydrogen-bond donors (Lipinski definition) is 1. The van der Waals surface area contributed by atoms with Crippen molar-refractivity contribution >= 4 is 57.3 Å². The number of anilines is 1. The van der Waals surface area contributed by atoms with Gasteiger partial charge in [-0.05, 0) is 78.6 Å².